The molecule has 2 aromatic rings. The first-order chi connectivity index (χ1) is 7.78. The Labute approximate surface area is 103 Å². The molecule has 1 heterocycles. The standard InChI is InChI=1S/C7H5Br.C6H7NO/c8-7-3-5-1-6(2-5)4-7;1-8-6-4-2-3-5-7-6/h1,3-4H,2H2;2-5H,1H3. The van der Waals surface area contributed by atoms with Crippen LogP contribution in [0.4, 0.5) is 0 Å². The molecule has 0 spiro atoms. The highest BCUT2D eigenvalue weighted by atomic mass is 79.9. The smallest absolute Gasteiger partial charge is 0.212 e. The number of aromatic nitrogens is 1. The van der Waals surface area contributed by atoms with Crippen LogP contribution in [0.1, 0.15) is 11.1 Å². The minimum atomic E-state index is 0.660. The van der Waals surface area contributed by atoms with E-state index in [4.69, 9.17) is 4.74 Å². The van der Waals surface area contributed by atoms with E-state index in [1.54, 1.807) is 19.4 Å². The topological polar surface area (TPSA) is 22.1 Å². The Kier molecular flexibility index (Phi) is 3.57. The number of fused-ring (bicyclic) bond motifs is 2. The number of rotatable bonds is 1. The molecule has 0 fully saturated rings. The van der Waals surface area contributed by atoms with Crippen LogP contribution >= 0.6 is 15.9 Å². The van der Waals surface area contributed by atoms with E-state index in [1.165, 1.54) is 22.0 Å². The molecule has 0 saturated heterocycles. The van der Waals surface area contributed by atoms with E-state index in [-0.39, 0.29) is 0 Å². The zero-order valence-corrected chi connectivity index (χ0v) is 10.6. The lowest BCUT2D eigenvalue weighted by Gasteiger charge is -2.13. The highest BCUT2D eigenvalue weighted by Gasteiger charge is 2.08. The molecule has 0 atom stereocenters. The monoisotopic (exact) mass is 277 g/mol. The van der Waals surface area contributed by atoms with Crippen molar-refractivity contribution in [2.75, 3.05) is 7.11 Å². The van der Waals surface area contributed by atoms with Crippen LogP contribution in [0.3, 0.4) is 0 Å². The lowest BCUT2D eigenvalue weighted by molar-refractivity contribution is 0.398. The van der Waals surface area contributed by atoms with E-state index >= 15 is 0 Å². The van der Waals surface area contributed by atoms with Crippen molar-refractivity contribution in [1.29, 1.82) is 0 Å². The average Bonchev–Trinajstić information content (AvgIpc) is 2.29. The Hall–Kier alpha value is -1.35. The summed E-state index contributed by atoms with van der Waals surface area (Å²) in [6.45, 7) is 0. The first-order valence-corrected chi connectivity index (χ1v) is 5.80. The highest BCUT2D eigenvalue weighted by Crippen LogP contribution is 2.25. The van der Waals surface area contributed by atoms with Crippen LogP contribution in [-0.4, -0.2) is 12.1 Å². The number of halogens is 1. The fourth-order valence-corrected chi connectivity index (χ4v) is 2.08. The Bertz CT molecular complexity index is 449. The lowest BCUT2D eigenvalue weighted by Crippen LogP contribution is -1.99. The van der Waals surface area contributed by atoms with Crippen LogP contribution < -0.4 is 4.74 Å². The summed E-state index contributed by atoms with van der Waals surface area (Å²) in [5.74, 6) is 0.660. The van der Waals surface area contributed by atoms with Gasteiger partial charge in [0, 0.05) is 16.7 Å². The molecule has 2 aliphatic carbocycles. The molecule has 82 valence electrons. The molecule has 2 aliphatic rings. The average molecular weight is 278 g/mol. The summed E-state index contributed by atoms with van der Waals surface area (Å²) in [6, 6.07) is 12.1. The van der Waals surface area contributed by atoms with Gasteiger partial charge >= 0.3 is 0 Å². The molecule has 2 nitrogen and oxygen atoms in total. The molecule has 0 radical (unpaired) electrons. The summed E-state index contributed by atoms with van der Waals surface area (Å²) in [5.41, 5.74) is 2.91. The number of benzene rings is 1. The summed E-state index contributed by atoms with van der Waals surface area (Å²) in [6.07, 6.45) is 2.88. The summed E-state index contributed by atoms with van der Waals surface area (Å²) in [7, 11) is 1.60. The minimum Gasteiger partial charge on any atom is -0.481 e. The van der Waals surface area contributed by atoms with Crippen molar-refractivity contribution in [1.82, 2.24) is 4.98 Å². The van der Waals surface area contributed by atoms with E-state index in [1.807, 2.05) is 12.1 Å². The second-order valence-electron chi connectivity index (χ2n) is 3.52. The summed E-state index contributed by atoms with van der Waals surface area (Å²) < 4.78 is 6.02. The van der Waals surface area contributed by atoms with Crippen LogP contribution in [0, 0.1) is 0 Å². The quantitative estimate of drug-likeness (QED) is 0.680. The highest BCUT2D eigenvalue weighted by molar-refractivity contribution is 9.10. The number of ether oxygens (including phenoxy) is 1. The van der Waals surface area contributed by atoms with E-state index in [9.17, 15) is 0 Å². The van der Waals surface area contributed by atoms with Gasteiger partial charge in [-0.05, 0) is 35.7 Å². The molecule has 3 heteroatoms. The SMILES string of the molecule is Brc1cc2cc(c1)C2.COc1ccccn1. The van der Waals surface area contributed by atoms with Crippen LogP contribution in [0.5, 0.6) is 5.88 Å². The predicted molar refractivity (Wildman–Crippen MR) is 67.7 cm³/mol. The third-order valence-electron chi connectivity index (χ3n) is 2.27. The predicted octanol–water partition coefficient (Wildman–Crippen LogP) is 3.44. The van der Waals surface area contributed by atoms with E-state index in [0.29, 0.717) is 5.88 Å². The van der Waals surface area contributed by atoms with Gasteiger partial charge in [0.15, 0.2) is 0 Å². The molecule has 1 aromatic carbocycles. The second kappa shape index (κ2) is 5.12. The number of hydrogen-bond acceptors (Lipinski definition) is 2. The summed E-state index contributed by atoms with van der Waals surface area (Å²) >= 11 is 3.40. The van der Waals surface area contributed by atoms with Gasteiger partial charge in [0.2, 0.25) is 5.88 Å². The molecule has 0 aliphatic heterocycles. The Morgan fingerprint density at radius 1 is 1.19 bits per heavy atom. The molecule has 4 rings (SSSR count). The van der Waals surface area contributed by atoms with Crippen molar-refractivity contribution in [3.05, 3.63) is 58.2 Å². The van der Waals surface area contributed by atoms with Crippen LogP contribution in [0.2, 0.25) is 0 Å². The van der Waals surface area contributed by atoms with Gasteiger partial charge in [-0.3, -0.25) is 0 Å². The molecular formula is C13H12BrNO. The second-order valence-corrected chi connectivity index (χ2v) is 4.43. The fraction of sp³-hybridized carbons (Fsp3) is 0.154. The van der Waals surface area contributed by atoms with Crippen LogP contribution in [-0.2, 0) is 6.42 Å². The maximum Gasteiger partial charge on any atom is 0.212 e. The van der Waals surface area contributed by atoms with Crippen molar-refractivity contribution < 1.29 is 4.74 Å². The number of nitrogens with zero attached hydrogens (tertiary/aromatic N) is 1. The maximum absolute atomic E-state index is 4.80. The van der Waals surface area contributed by atoms with Gasteiger partial charge in [-0.15, -0.1) is 0 Å². The molecule has 0 saturated carbocycles. The largest absolute Gasteiger partial charge is 0.481 e. The number of hydrogen-bond donors (Lipinski definition) is 0. The third-order valence-corrected chi connectivity index (χ3v) is 2.73. The molecular weight excluding hydrogens is 266 g/mol. The Morgan fingerprint density at radius 2 is 1.88 bits per heavy atom. The molecule has 0 amide bonds. The molecule has 16 heavy (non-hydrogen) atoms. The molecule has 0 unspecified atom stereocenters. The van der Waals surface area contributed by atoms with Crippen molar-refractivity contribution in [3.63, 3.8) is 0 Å². The van der Waals surface area contributed by atoms with Crippen LogP contribution in [0.15, 0.2) is 47.1 Å². The first kappa shape index (κ1) is 11.1. The summed E-state index contributed by atoms with van der Waals surface area (Å²) in [4.78, 5) is 3.88. The fourth-order valence-electron chi connectivity index (χ4n) is 1.49. The molecule has 1 aromatic heterocycles. The summed E-state index contributed by atoms with van der Waals surface area (Å²) in [5, 5.41) is 0. The molecule has 0 N–H and O–H groups in total. The zero-order valence-electron chi connectivity index (χ0n) is 8.98. The van der Waals surface area contributed by atoms with Gasteiger partial charge in [-0.2, -0.15) is 0 Å². The van der Waals surface area contributed by atoms with Gasteiger partial charge in [-0.1, -0.05) is 28.1 Å². The third kappa shape index (κ3) is 2.83. The zero-order chi connectivity index (χ0) is 11.4. The van der Waals surface area contributed by atoms with Gasteiger partial charge in [0.1, 0.15) is 0 Å². The van der Waals surface area contributed by atoms with E-state index in [2.05, 4.69) is 39.1 Å². The van der Waals surface area contributed by atoms with Crippen molar-refractivity contribution in [2.45, 2.75) is 6.42 Å². The molecule has 2 bridgehead atoms. The van der Waals surface area contributed by atoms with E-state index < -0.39 is 0 Å². The first-order valence-electron chi connectivity index (χ1n) is 5.01. The van der Waals surface area contributed by atoms with Crippen molar-refractivity contribution in [2.24, 2.45) is 0 Å². The van der Waals surface area contributed by atoms with Gasteiger partial charge in [0.25, 0.3) is 0 Å². The van der Waals surface area contributed by atoms with Gasteiger partial charge in [0.05, 0.1) is 7.11 Å². The van der Waals surface area contributed by atoms with Gasteiger partial charge < -0.3 is 4.74 Å². The van der Waals surface area contributed by atoms with E-state index in [0.717, 1.165) is 0 Å². The normalized spacial score (nSPS) is 10.9. The Balaban J connectivity index is 0.000000120. The van der Waals surface area contributed by atoms with Crippen molar-refractivity contribution >= 4 is 15.9 Å². The Morgan fingerprint density at radius 3 is 2.19 bits per heavy atom. The number of pyridine rings is 1. The maximum atomic E-state index is 4.80. The lowest BCUT2D eigenvalue weighted by atomic mass is 9.94. The van der Waals surface area contributed by atoms with Crippen LogP contribution in [0.25, 0.3) is 0 Å². The van der Waals surface area contributed by atoms with Gasteiger partial charge in [-0.25, -0.2) is 4.98 Å². The van der Waals surface area contributed by atoms with Crippen molar-refractivity contribution in [3.8, 4) is 5.88 Å². The minimum absolute atomic E-state index is 0.660. The number of methoxy groups -OCH3 is 1.